The number of halogens is 2. The second-order valence-corrected chi connectivity index (χ2v) is 38.2. The Labute approximate surface area is 177 Å². The molecule has 0 aromatic heterocycles. The first-order valence-electron chi connectivity index (χ1n) is 9.93. The molecule has 26 heavy (non-hydrogen) atoms. The van der Waals surface area contributed by atoms with Crippen LogP contribution >= 0.6 is 24.8 Å². The zero-order valence-corrected chi connectivity index (χ0v) is 23.7. The zero-order valence-electron chi connectivity index (χ0n) is 18.2. The van der Waals surface area contributed by atoms with Crippen LogP contribution in [0.25, 0.3) is 0 Å². The van der Waals surface area contributed by atoms with Crippen LogP contribution in [-0.4, -0.2) is 6.88 Å². The van der Waals surface area contributed by atoms with Gasteiger partial charge in [0.15, 0.2) is 0 Å². The largest absolute Gasteiger partial charge is 0.147 e. The van der Waals surface area contributed by atoms with E-state index in [1.54, 1.807) is 22.3 Å². The molecule has 0 saturated heterocycles. The average molecular weight is 495 g/mol. The molecule has 2 rings (SSSR count). The van der Waals surface area contributed by atoms with E-state index in [9.17, 15) is 0 Å². The van der Waals surface area contributed by atoms with E-state index in [0.717, 1.165) is 0 Å². The first kappa shape index (κ1) is 26.6. The van der Waals surface area contributed by atoms with Gasteiger partial charge in [0.05, 0.1) is 0 Å². The summed E-state index contributed by atoms with van der Waals surface area (Å²) in [6.07, 6.45) is 10.1. The third kappa shape index (κ3) is 4.97. The minimum Gasteiger partial charge on any atom is -0.147 e. The van der Waals surface area contributed by atoms with Crippen LogP contribution in [0.3, 0.4) is 0 Å². The molecule has 2 aliphatic rings. The van der Waals surface area contributed by atoms with E-state index in [-0.39, 0.29) is 24.8 Å². The number of allylic oxidation sites excluding steroid dienone is 8. The zero-order chi connectivity index (χ0) is 18.3. The van der Waals surface area contributed by atoms with Crippen LogP contribution in [-0.2, 0) is 17.4 Å². The van der Waals surface area contributed by atoms with Crippen LogP contribution in [0.2, 0.25) is 9.26 Å². The third-order valence-corrected chi connectivity index (χ3v) is 23.2. The molecule has 0 radical (unpaired) electrons. The Balaban J connectivity index is 0.00000312. The van der Waals surface area contributed by atoms with Gasteiger partial charge in [-0.15, -0.1) is 24.8 Å². The quantitative estimate of drug-likeness (QED) is 0.336. The Morgan fingerprint density at radius 2 is 1.12 bits per heavy atom. The molecule has 0 aromatic carbocycles. The molecule has 0 spiro atoms. The Morgan fingerprint density at radius 1 is 0.808 bits per heavy atom. The van der Waals surface area contributed by atoms with E-state index in [1.807, 2.05) is 6.56 Å². The maximum atomic E-state index is 2.72. The van der Waals surface area contributed by atoms with Crippen LogP contribution < -0.4 is 0 Å². The first-order chi connectivity index (χ1) is 11.0. The average Bonchev–Trinajstić information content (AvgIpc) is 3.12. The molecule has 0 aromatic rings. The SMILES string of the molecule is CCC1=CC(C(C)C)=[C]([Zr]([CH3])([CH3])(=[SiH2])[C]2=C(C(C)C)C=C(CC)C2)C1.Cl.Cl. The number of hydrogen-bond acceptors (Lipinski definition) is 0. The monoisotopic (exact) mass is 492 g/mol. The summed E-state index contributed by atoms with van der Waals surface area (Å²) in [6, 6.07) is 0. The van der Waals surface area contributed by atoms with Gasteiger partial charge in [-0.2, -0.15) is 0 Å². The molecule has 0 amide bonds. The van der Waals surface area contributed by atoms with Gasteiger partial charge in [-0.05, 0) is 0 Å². The van der Waals surface area contributed by atoms with E-state index >= 15 is 0 Å². The summed E-state index contributed by atoms with van der Waals surface area (Å²) in [5.74, 6) is 1.31. The minimum absolute atomic E-state index is 0. The van der Waals surface area contributed by atoms with Crippen molar-refractivity contribution in [2.75, 3.05) is 0 Å². The molecule has 0 heterocycles. The second-order valence-electron chi connectivity index (χ2n) is 9.53. The Hall–Kier alpha value is 0.640. The van der Waals surface area contributed by atoms with Crippen molar-refractivity contribution in [2.45, 2.75) is 76.5 Å². The predicted octanol–water partition coefficient (Wildman–Crippen LogP) is 7.46. The molecular weight excluding hydrogens is 454 g/mol. The second kappa shape index (κ2) is 9.43. The first-order valence-corrected chi connectivity index (χ1v) is 23.2. The van der Waals surface area contributed by atoms with Crippen molar-refractivity contribution in [3.63, 3.8) is 0 Å². The predicted molar refractivity (Wildman–Crippen MR) is 124 cm³/mol. The van der Waals surface area contributed by atoms with Crippen LogP contribution in [0.4, 0.5) is 0 Å². The summed E-state index contributed by atoms with van der Waals surface area (Å²) in [7, 11) is 0. The maximum Gasteiger partial charge on any atom is -0.147 e. The van der Waals surface area contributed by atoms with Crippen molar-refractivity contribution in [1.82, 2.24) is 0 Å². The van der Waals surface area contributed by atoms with E-state index < -0.39 is 17.4 Å². The molecule has 150 valence electrons. The fourth-order valence-corrected chi connectivity index (χ4v) is 19.6. The van der Waals surface area contributed by atoms with Gasteiger partial charge in [-0.25, -0.2) is 0 Å². The van der Waals surface area contributed by atoms with Crippen molar-refractivity contribution < 1.29 is 17.4 Å². The molecule has 0 nitrogen and oxygen atoms in total. The van der Waals surface area contributed by atoms with Crippen molar-refractivity contribution in [3.05, 3.63) is 41.0 Å². The molecule has 0 fully saturated rings. The van der Waals surface area contributed by atoms with Crippen LogP contribution in [0.5, 0.6) is 0 Å². The molecule has 0 aliphatic heterocycles. The topological polar surface area (TPSA) is 0 Å². The van der Waals surface area contributed by atoms with Gasteiger partial charge in [0.2, 0.25) is 0 Å². The van der Waals surface area contributed by atoms with Gasteiger partial charge in [-0.3, -0.25) is 0 Å². The summed E-state index contributed by atoms with van der Waals surface area (Å²) >= 11 is -3.08. The van der Waals surface area contributed by atoms with Gasteiger partial charge < -0.3 is 0 Å². The Kier molecular flexibility index (Phi) is 9.66. The van der Waals surface area contributed by atoms with Gasteiger partial charge >= 0.3 is 154 Å². The molecule has 0 bridgehead atoms. The molecule has 0 saturated carbocycles. The molecule has 4 heteroatoms. The smallest absolute Gasteiger partial charge is 0.147 e. The van der Waals surface area contributed by atoms with Gasteiger partial charge in [0, 0.05) is 0 Å². The summed E-state index contributed by atoms with van der Waals surface area (Å²) in [6.45, 7) is 16.6. The normalized spacial score (nSPS) is 18.3. The molecular formula is C22H40Cl2SiZr. The Bertz CT molecular complexity index is 671. The van der Waals surface area contributed by atoms with Crippen LogP contribution in [0.15, 0.2) is 41.0 Å². The fourth-order valence-electron chi connectivity index (χ4n) is 4.53. The summed E-state index contributed by atoms with van der Waals surface area (Å²) in [4.78, 5) is 0. The molecule has 2 aliphatic carbocycles. The van der Waals surface area contributed by atoms with Crippen LogP contribution in [0.1, 0.15) is 67.2 Å². The molecule has 0 atom stereocenters. The van der Waals surface area contributed by atoms with Crippen molar-refractivity contribution in [3.8, 4) is 0 Å². The van der Waals surface area contributed by atoms with E-state index in [1.165, 1.54) is 25.7 Å². The van der Waals surface area contributed by atoms with Crippen LogP contribution in [0, 0.1) is 11.8 Å². The van der Waals surface area contributed by atoms with E-state index in [4.69, 9.17) is 0 Å². The van der Waals surface area contributed by atoms with Gasteiger partial charge in [0.1, 0.15) is 0 Å². The Morgan fingerprint density at radius 3 is 1.35 bits per heavy atom. The third-order valence-electron chi connectivity index (χ3n) is 6.31. The van der Waals surface area contributed by atoms with Crippen molar-refractivity contribution in [2.24, 2.45) is 11.8 Å². The van der Waals surface area contributed by atoms with Crippen molar-refractivity contribution >= 4 is 31.7 Å². The van der Waals surface area contributed by atoms with E-state index in [0.29, 0.717) is 11.8 Å². The summed E-state index contributed by atoms with van der Waals surface area (Å²) in [5, 5.41) is 0. The summed E-state index contributed by atoms with van der Waals surface area (Å²) < 4.78 is 9.21. The standard InChI is InChI=1S/2C10H15.2CH3.2ClH.H2Si.Zr/c2*1-4-9-5-6-10(7-9)8(2)3;;;;;;/h2*7-8H,4-5H2,1-3H3;2*1H3;2*1H;1H2;. The van der Waals surface area contributed by atoms with Crippen molar-refractivity contribution in [1.29, 1.82) is 0 Å². The summed E-state index contributed by atoms with van der Waals surface area (Å²) in [5.41, 5.74) is 6.71. The number of rotatable bonds is 6. The van der Waals surface area contributed by atoms with Gasteiger partial charge in [0.25, 0.3) is 0 Å². The van der Waals surface area contributed by atoms with E-state index in [2.05, 4.69) is 69.8 Å². The number of hydrogen-bond donors (Lipinski definition) is 0. The molecule has 0 unspecified atom stereocenters. The van der Waals surface area contributed by atoms with Gasteiger partial charge in [-0.1, -0.05) is 0 Å². The molecule has 0 N–H and O–H groups in total. The fraction of sp³-hybridized carbons (Fsp3) is 0.636. The maximum absolute atomic E-state index is 3.08. The minimum atomic E-state index is -3.08.